The number of nitrogens with zero attached hydrogens (tertiary/aromatic N) is 2. The summed E-state index contributed by atoms with van der Waals surface area (Å²) in [5.41, 5.74) is 3.24. The van der Waals surface area contributed by atoms with Crippen molar-refractivity contribution in [1.29, 1.82) is 0 Å². The number of carbonyl (C=O) groups excluding carboxylic acids is 3. The third kappa shape index (κ3) is 5.72. The van der Waals surface area contributed by atoms with Gasteiger partial charge in [-0.1, -0.05) is 47.5 Å². The monoisotopic (exact) mass is 661 g/mol. The first-order valence-corrected chi connectivity index (χ1v) is 13.8. The van der Waals surface area contributed by atoms with Crippen molar-refractivity contribution in [2.24, 2.45) is 0 Å². The van der Waals surface area contributed by atoms with Gasteiger partial charge in [0.05, 0.1) is 4.91 Å². The largest absolute Gasteiger partial charge is 0.342 e. The average molecular weight is 662 g/mol. The second kappa shape index (κ2) is 10.9. The van der Waals surface area contributed by atoms with E-state index >= 15 is 0 Å². The lowest BCUT2D eigenvalue weighted by atomic mass is 10.1. The number of nitrogens with one attached hydrogen (secondary N) is 1. The average Bonchev–Trinajstić information content (AvgIpc) is 3.34. The molecule has 186 valence electrons. The van der Waals surface area contributed by atoms with Crippen LogP contribution in [0.15, 0.2) is 77.8 Å². The van der Waals surface area contributed by atoms with Crippen LogP contribution in [-0.4, -0.2) is 33.1 Å². The Kier molecular flexibility index (Phi) is 7.62. The summed E-state index contributed by atoms with van der Waals surface area (Å²) in [6, 6.07) is 20.4. The van der Waals surface area contributed by atoms with Gasteiger partial charge in [0.15, 0.2) is 0 Å². The lowest BCUT2D eigenvalue weighted by Gasteiger charge is -2.12. The van der Waals surface area contributed by atoms with Gasteiger partial charge in [0, 0.05) is 48.5 Å². The van der Waals surface area contributed by atoms with Gasteiger partial charge in [0.1, 0.15) is 6.54 Å². The molecule has 37 heavy (non-hydrogen) atoms. The van der Waals surface area contributed by atoms with Crippen LogP contribution < -0.4 is 5.32 Å². The quantitative estimate of drug-likeness (QED) is 0.174. The minimum Gasteiger partial charge on any atom is -0.342 e. The van der Waals surface area contributed by atoms with Crippen LogP contribution in [0.2, 0.25) is 10.0 Å². The number of anilines is 1. The van der Waals surface area contributed by atoms with Crippen molar-refractivity contribution in [1.82, 2.24) is 9.47 Å². The number of thioether (sulfide) groups is 1. The van der Waals surface area contributed by atoms with Gasteiger partial charge < -0.3 is 9.88 Å². The number of fused-ring (bicyclic) bond motifs is 1. The van der Waals surface area contributed by atoms with Crippen molar-refractivity contribution in [3.63, 3.8) is 0 Å². The summed E-state index contributed by atoms with van der Waals surface area (Å²) in [6.07, 6.45) is 3.62. The Morgan fingerprint density at radius 1 is 1.03 bits per heavy atom. The minimum atomic E-state index is -0.495. The number of benzene rings is 3. The van der Waals surface area contributed by atoms with Crippen LogP contribution in [0.5, 0.6) is 0 Å². The number of aromatic nitrogens is 1. The number of hydrogen-bond donors (Lipinski definition) is 1. The van der Waals surface area contributed by atoms with Crippen LogP contribution in [0, 0.1) is 3.57 Å². The number of amides is 3. The topological polar surface area (TPSA) is 71.4 Å². The van der Waals surface area contributed by atoms with E-state index in [1.807, 2.05) is 53.2 Å². The van der Waals surface area contributed by atoms with Crippen molar-refractivity contribution >= 4 is 97.3 Å². The van der Waals surface area contributed by atoms with E-state index in [-0.39, 0.29) is 11.4 Å². The molecular weight excluding hydrogens is 644 g/mol. The van der Waals surface area contributed by atoms with Crippen LogP contribution in [0.1, 0.15) is 11.1 Å². The van der Waals surface area contributed by atoms with Crippen molar-refractivity contribution in [3.8, 4) is 0 Å². The van der Waals surface area contributed by atoms with Crippen LogP contribution in [0.25, 0.3) is 17.0 Å². The maximum Gasteiger partial charge on any atom is 0.294 e. The maximum absolute atomic E-state index is 13.1. The molecule has 2 heterocycles. The fourth-order valence-electron chi connectivity index (χ4n) is 4.01. The molecule has 1 fully saturated rings. The molecule has 1 aliphatic heterocycles. The predicted octanol–water partition coefficient (Wildman–Crippen LogP) is 7.28. The van der Waals surface area contributed by atoms with E-state index in [4.69, 9.17) is 23.2 Å². The molecule has 0 bridgehead atoms. The molecule has 0 atom stereocenters. The molecule has 5 rings (SSSR count). The van der Waals surface area contributed by atoms with E-state index in [1.54, 1.807) is 30.3 Å². The molecule has 0 aliphatic carbocycles. The Morgan fingerprint density at radius 3 is 2.54 bits per heavy atom. The Morgan fingerprint density at radius 2 is 1.78 bits per heavy atom. The second-order valence-corrected chi connectivity index (χ2v) is 11.4. The highest BCUT2D eigenvalue weighted by Crippen LogP contribution is 2.34. The number of para-hydroxylation sites is 1. The van der Waals surface area contributed by atoms with Gasteiger partial charge in [-0.15, -0.1) is 0 Å². The molecule has 0 unspecified atom stereocenters. The van der Waals surface area contributed by atoms with Crippen LogP contribution in [0.3, 0.4) is 0 Å². The molecule has 0 radical (unpaired) electrons. The lowest BCUT2D eigenvalue weighted by Crippen LogP contribution is -2.36. The minimum absolute atomic E-state index is 0.263. The molecule has 6 nitrogen and oxygen atoms in total. The van der Waals surface area contributed by atoms with Gasteiger partial charge in [-0.3, -0.25) is 19.3 Å². The molecular formula is C27H18Cl2IN3O3S. The molecule has 1 aromatic heterocycles. The Balaban J connectivity index is 1.38. The highest BCUT2D eigenvalue weighted by Gasteiger charge is 2.36. The number of imide groups is 1. The van der Waals surface area contributed by atoms with Gasteiger partial charge in [-0.25, -0.2) is 0 Å². The molecule has 0 saturated carbocycles. The van der Waals surface area contributed by atoms with Crippen molar-refractivity contribution in [2.45, 2.75) is 6.54 Å². The number of carbonyl (C=O) groups is 3. The summed E-state index contributed by atoms with van der Waals surface area (Å²) >= 11 is 15.4. The summed E-state index contributed by atoms with van der Waals surface area (Å²) in [5, 5.41) is 4.30. The second-order valence-electron chi connectivity index (χ2n) is 8.29. The van der Waals surface area contributed by atoms with Gasteiger partial charge in [-0.2, -0.15) is 0 Å². The highest BCUT2D eigenvalue weighted by atomic mass is 127. The van der Waals surface area contributed by atoms with Crippen molar-refractivity contribution in [2.75, 3.05) is 11.9 Å². The first-order chi connectivity index (χ1) is 17.8. The van der Waals surface area contributed by atoms with Crippen molar-refractivity contribution in [3.05, 3.63) is 103 Å². The normalized spacial score (nSPS) is 14.7. The standard InChI is InChI=1S/C27H18Cl2IN3O3S/c28-18-6-5-16(22(29)12-18)13-32-14-17(21-3-1-2-4-23(21)32)11-24-26(35)33(27(36)37-24)15-25(34)31-20-9-7-19(30)8-10-20/h1-12,14H,13,15H2,(H,31,34)/b24-11-. The van der Waals surface area contributed by atoms with Crippen molar-refractivity contribution < 1.29 is 14.4 Å². The summed E-state index contributed by atoms with van der Waals surface area (Å²) in [7, 11) is 0. The fraction of sp³-hybridized carbons (Fsp3) is 0.0741. The van der Waals surface area contributed by atoms with E-state index < -0.39 is 17.1 Å². The van der Waals surface area contributed by atoms with E-state index in [9.17, 15) is 14.4 Å². The predicted molar refractivity (Wildman–Crippen MR) is 158 cm³/mol. The summed E-state index contributed by atoms with van der Waals surface area (Å²) < 4.78 is 3.07. The zero-order valence-corrected chi connectivity index (χ0v) is 23.6. The molecule has 1 N–H and O–H groups in total. The number of halogens is 3. The Hall–Kier alpha value is -2.79. The van der Waals surface area contributed by atoms with Crippen LogP contribution in [-0.2, 0) is 16.1 Å². The molecule has 3 amide bonds. The summed E-state index contributed by atoms with van der Waals surface area (Å²) in [6.45, 7) is 0.148. The third-order valence-electron chi connectivity index (χ3n) is 5.77. The van der Waals surface area contributed by atoms with E-state index in [0.717, 1.165) is 42.3 Å². The smallest absolute Gasteiger partial charge is 0.294 e. The molecule has 1 aliphatic rings. The zero-order chi connectivity index (χ0) is 26.1. The summed E-state index contributed by atoms with van der Waals surface area (Å²) in [5.74, 6) is -0.938. The molecule has 4 aromatic rings. The molecule has 10 heteroatoms. The Labute approximate surface area is 240 Å². The first-order valence-electron chi connectivity index (χ1n) is 11.1. The Bertz CT molecular complexity index is 1580. The summed E-state index contributed by atoms with van der Waals surface area (Å²) in [4.78, 5) is 39.4. The van der Waals surface area contributed by atoms with Gasteiger partial charge in [0.25, 0.3) is 11.1 Å². The van der Waals surface area contributed by atoms with Gasteiger partial charge in [-0.05, 0) is 88.5 Å². The molecule has 3 aromatic carbocycles. The first kappa shape index (κ1) is 25.8. The fourth-order valence-corrected chi connectivity index (χ4v) is 5.67. The third-order valence-corrected chi connectivity index (χ3v) is 7.98. The molecule has 0 spiro atoms. The van der Waals surface area contributed by atoms with Crippen LogP contribution >= 0.6 is 57.6 Å². The van der Waals surface area contributed by atoms with Gasteiger partial charge >= 0.3 is 0 Å². The number of hydrogen-bond acceptors (Lipinski definition) is 4. The SMILES string of the molecule is O=C(CN1C(=O)S/C(=C\c2cn(Cc3ccc(Cl)cc3Cl)c3ccccc23)C1=O)Nc1ccc(I)cc1. The number of rotatable bonds is 6. The highest BCUT2D eigenvalue weighted by molar-refractivity contribution is 14.1. The van der Waals surface area contributed by atoms with E-state index in [1.165, 1.54) is 0 Å². The van der Waals surface area contributed by atoms with Crippen LogP contribution in [0.4, 0.5) is 10.5 Å². The lowest BCUT2D eigenvalue weighted by molar-refractivity contribution is -0.127. The molecule has 1 saturated heterocycles. The van der Waals surface area contributed by atoms with E-state index in [2.05, 4.69) is 27.9 Å². The van der Waals surface area contributed by atoms with Gasteiger partial charge in [0.2, 0.25) is 5.91 Å². The maximum atomic E-state index is 13.1. The zero-order valence-electron chi connectivity index (χ0n) is 19.1. The van der Waals surface area contributed by atoms with E-state index in [0.29, 0.717) is 22.3 Å².